The summed E-state index contributed by atoms with van der Waals surface area (Å²) < 4.78 is 0. The van der Waals surface area contributed by atoms with E-state index in [0.29, 0.717) is 5.65 Å². The summed E-state index contributed by atoms with van der Waals surface area (Å²) in [7, 11) is 0. The summed E-state index contributed by atoms with van der Waals surface area (Å²) in [6.07, 6.45) is 14.5. The number of nitrogens with one attached hydrogen (secondary N) is 2. The predicted octanol–water partition coefficient (Wildman–Crippen LogP) is 3.95. The van der Waals surface area contributed by atoms with Crippen LogP contribution in [-0.4, -0.2) is 48.2 Å². The highest BCUT2D eigenvalue weighted by molar-refractivity contribution is 5.99. The Balaban J connectivity index is 1.47. The van der Waals surface area contributed by atoms with Crippen molar-refractivity contribution in [3.63, 3.8) is 0 Å². The number of rotatable bonds is 3. The number of hydrogen-bond donors (Lipinski definition) is 2. The Bertz CT molecular complexity index is 1330. The first-order chi connectivity index (χ1) is 14.9. The molecule has 30 heavy (non-hydrogen) atoms. The van der Waals surface area contributed by atoms with Gasteiger partial charge in [0.25, 0.3) is 0 Å². The largest absolute Gasteiger partial charge is 0.370 e. The molecule has 5 aromatic heterocycles. The SMILES string of the molecule is c1cnc(-c2cnc3n[nH]c(-c4cc5c(N6CCCCC6)cncc5[nH]4)c3c2)cn1. The lowest BCUT2D eigenvalue weighted by molar-refractivity contribution is 0.578. The molecule has 0 saturated carbocycles. The zero-order valence-electron chi connectivity index (χ0n) is 16.3. The van der Waals surface area contributed by atoms with Crippen molar-refractivity contribution < 1.29 is 0 Å². The number of aromatic amines is 2. The number of nitrogens with zero attached hydrogens (tertiary/aromatic N) is 6. The maximum Gasteiger partial charge on any atom is 0.181 e. The first-order valence-electron chi connectivity index (χ1n) is 10.2. The Hall–Kier alpha value is -3.81. The van der Waals surface area contributed by atoms with Crippen molar-refractivity contribution in [2.24, 2.45) is 0 Å². The number of hydrogen-bond acceptors (Lipinski definition) is 6. The van der Waals surface area contributed by atoms with E-state index in [-0.39, 0.29) is 0 Å². The molecular formula is C22H20N8. The number of fused-ring (bicyclic) bond motifs is 2. The number of piperidine rings is 1. The van der Waals surface area contributed by atoms with Crippen LogP contribution in [-0.2, 0) is 0 Å². The molecule has 0 atom stereocenters. The number of H-pyrrole nitrogens is 2. The lowest BCUT2D eigenvalue weighted by Gasteiger charge is -2.28. The Morgan fingerprint density at radius 1 is 0.833 bits per heavy atom. The predicted molar refractivity (Wildman–Crippen MR) is 116 cm³/mol. The van der Waals surface area contributed by atoms with E-state index in [1.165, 1.54) is 30.3 Å². The molecule has 0 spiro atoms. The van der Waals surface area contributed by atoms with Crippen LogP contribution in [0.5, 0.6) is 0 Å². The highest BCUT2D eigenvalue weighted by atomic mass is 15.2. The molecule has 2 N–H and O–H groups in total. The highest BCUT2D eigenvalue weighted by Crippen LogP contribution is 2.34. The molecule has 0 unspecified atom stereocenters. The fourth-order valence-corrected chi connectivity index (χ4v) is 4.25. The van der Waals surface area contributed by atoms with E-state index in [0.717, 1.165) is 46.6 Å². The van der Waals surface area contributed by atoms with Crippen LogP contribution < -0.4 is 4.90 Å². The maximum atomic E-state index is 4.50. The van der Waals surface area contributed by atoms with Gasteiger partial charge in [-0.1, -0.05) is 0 Å². The van der Waals surface area contributed by atoms with Gasteiger partial charge in [-0.05, 0) is 31.4 Å². The van der Waals surface area contributed by atoms with Crippen LogP contribution in [0, 0.1) is 0 Å². The van der Waals surface area contributed by atoms with Crippen LogP contribution in [0.25, 0.3) is 44.6 Å². The van der Waals surface area contributed by atoms with Crippen LogP contribution in [0.4, 0.5) is 5.69 Å². The molecule has 8 heteroatoms. The van der Waals surface area contributed by atoms with Gasteiger partial charge in [0.05, 0.1) is 46.9 Å². The second-order valence-electron chi connectivity index (χ2n) is 7.64. The third kappa shape index (κ3) is 2.80. The van der Waals surface area contributed by atoms with Crippen LogP contribution in [0.2, 0.25) is 0 Å². The van der Waals surface area contributed by atoms with E-state index in [4.69, 9.17) is 0 Å². The molecule has 1 saturated heterocycles. The van der Waals surface area contributed by atoms with Crippen molar-refractivity contribution in [2.75, 3.05) is 18.0 Å². The van der Waals surface area contributed by atoms with Crippen LogP contribution in [0.1, 0.15) is 19.3 Å². The van der Waals surface area contributed by atoms with Crippen LogP contribution in [0.3, 0.4) is 0 Å². The van der Waals surface area contributed by atoms with Crippen molar-refractivity contribution >= 4 is 27.6 Å². The first-order valence-corrected chi connectivity index (χ1v) is 10.2. The minimum absolute atomic E-state index is 0.672. The van der Waals surface area contributed by atoms with Gasteiger partial charge in [-0.25, -0.2) is 4.98 Å². The smallest absolute Gasteiger partial charge is 0.181 e. The zero-order valence-corrected chi connectivity index (χ0v) is 16.3. The molecule has 148 valence electrons. The van der Waals surface area contributed by atoms with Crippen LogP contribution in [0.15, 0.2) is 49.3 Å². The fraction of sp³-hybridized carbons (Fsp3) is 0.227. The number of anilines is 1. The summed E-state index contributed by atoms with van der Waals surface area (Å²) in [5, 5.41) is 9.67. The van der Waals surface area contributed by atoms with Crippen molar-refractivity contribution in [1.29, 1.82) is 0 Å². The summed E-state index contributed by atoms with van der Waals surface area (Å²) in [4.78, 5) is 23.5. The Kier molecular flexibility index (Phi) is 3.93. The Morgan fingerprint density at radius 2 is 1.77 bits per heavy atom. The van der Waals surface area contributed by atoms with Crippen molar-refractivity contribution in [1.82, 2.24) is 35.1 Å². The standard InChI is InChI=1S/C22H20N8/c1-2-6-30(7-3-1)20-13-24-12-19-15(20)9-17(27-19)21-16-8-14(10-26-22(16)29-28-21)18-11-23-4-5-25-18/h4-5,8-13,27H,1-3,6-7H2,(H,26,28,29). The fourth-order valence-electron chi connectivity index (χ4n) is 4.25. The minimum Gasteiger partial charge on any atom is -0.370 e. The van der Waals surface area contributed by atoms with Gasteiger partial charge in [-0.3, -0.25) is 20.1 Å². The van der Waals surface area contributed by atoms with E-state index in [1.54, 1.807) is 24.8 Å². The van der Waals surface area contributed by atoms with Crippen LogP contribution >= 0.6 is 0 Å². The molecule has 0 aromatic carbocycles. The van der Waals surface area contributed by atoms with Gasteiger partial charge in [0, 0.05) is 48.0 Å². The topological polar surface area (TPSA) is 99.3 Å². The zero-order chi connectivity index (χ0) is 19.9. The van der Waals surface area contributed by atoms with E-state index < -0.39 is 0 Å². The lowest BCUT2D eigenvalue weighted by Crippen LogP contribution is -2.29. The highest BCUT2D eigenvalue weighted by Gasteiger charge is 2.18. The minimum atomic E-state index is 0.672. The molecule has 0 radical (unpaired) electrons. The molecule has 0 aliphatic carbocycles. The molecule has 5 aromatic rings. The third-order valence-electron chi connectivity index (χ3n) is 5.76. The summed E-state index contributed by atoms with van der Waals surface area (Å²) in [6, 6.07) is 4.24. The van der Waals surface area contributed by atoms with Gasteiger partial charge in [0.2, 0.25) is 0 Å². The van der Waals surface area contributed by atoms with Gasteiger partial charge in [-0.15, -0.1) is 0 Å². The van der Waals surface area contributed by atoms with Gasteiger partial charge in [-0.2, -0.15) is 5.10 Å². The average Bonchev–Trinajstić information content (AvgIpc) is 3.43. The second kappa shape index (κ2) is 6.91. The molecule has 1 aliphatic heterocycles. The molecule has 0 amide bonds. The van der Waals surface area contributed by atoms with Crippen molar-refractivity contribution in [3.05, 3.63) is 49.3 Å². The normalized spacial score (nSPS) is 14.6. The van der Waals surface area contributed by atoms with E-state index in [2.05, 4.69) is 52.1 Å². The molecule has 6 rings (SSSR count). The van der Waals surface area contributed by atoms with Gasteiger partial charge in [0.15, 0.2) is 5.65 Å². The Morgan fingerprint density at radius 3 is 2.63 bits per heavy atom. The van der Waals surface area contributed by atoms with Gasteiger partial charge >= 0.3 is 0 Å². The third-order valence-corrected chi connectivity index (χ3v) is 5.76. The second-order valence-corrected chi connectivity index (χ2v) is 7.64. The van der Waals surface area contributed by atoms with E-state index in [1.807, 2.05) is 12.4 Å². The molecule has 0 bridgehead atoms. The van der Waals surface area contributed by atoms with Crippen molar-refractivity contribution in [2.45, 2.75) is 19.3 Å². The van der Waals surface area contributed by atoms with Gasteiger partial charge in [0.1, 0.15) is 0 Å². The summed E-state index contributed by atoms with van der Waals surface area (Å²) >= 11 is 0. The number of aromatic nitrogens is 7. The molecule has 1 aliphatic rings. The van der Waals surface area contributed by atoms with E-state index in [9.17, 15) is 0 Å². The lowest BCUT2D eigenvalue weighted by atomic mass is 10.1. The summed E-state index contributed by atoms with van der Waals surface area (Å²) in [5.74, 6) is 0. The quantitative estimate of drug-likeness (QED) is 0.479. The average molecular weight is 396 g/mol. The Labute approximate surface area is 172 Å². The molecule has 1 fully saturated rings. The monoisotopic (exact) mass is 396 g/mol. The summed E-state index contributed by atoms with van der Waals surface area (Å²) in [5.41, 5.74) is 6.45. The summed E-state index contributed by atoms with van der Waals surface area (Å²) in [6.45, 7) is 2.17. The molecular weight excluding hydrogens is 376 g/mol. The maximum absolute atomic E-state index is 4.50. The van der Waals surface area contributed by atoms with Crippen molar-refractivity contribution in [3.8, 4) is 22.6 Å². The molecule has 6 heterocycles. The first kappa shape index (κ1) is 17.1. The number of pyridine rings is 2. The van der Waals surface area contributed by atoms with E-state index >= 15 is 0 Å². The molecule has 8 nitrogen and oxygen atoms in total. The van der Waals surface area contributed by atoms with Gasteiger partial charge < -0.3 is 9.88 Å².